The highest BCUT2D eigenvalue weighted by molar-refractivity contribution is 9.10. The molecule has 0 spiro atoms. The van der Waals surface area contributed by atoms with E-state index in [1.165, 1.54) is 24.5 Å². The van der Waals surface area contributed by atoms with E-state index in [9.17, 15) is 9.18 Å². The second kappa shape index (κ2) is 5.35. The summed E-state index contributed by atoms with van der Waals surface area (Å²) >= 11 is 3.19. The van der Waals surface area contributed by atoms with Crippen molar-refractivity contribution in [2.24, 2.45) is 0 Å². The van der Waals surface area contributed by atoms with Gasteiger partial charge in [0.25, 0.3) is 0 Å². The van der Waals surface area contributed by atoms with Gasteiger partial charge in [-0.15, -0.1) is 0 Å². The minimum atomic E-state index is -0.373. The van der Waals surface area contributed by atoms with Crippen LogP contribution in [0.3, 0.4) is 0 Å². The van der Waals surface area contributed by atoms with E-state index in [4.69, 9.17) is 0 Å². The number of benzene rings is 1. The smallest absolute Gasteiger partial charge is 0.187 e. The van der Waals surface area contributed by atoms with Crippen molar-refractivity contribution in [3.8, 4) is 0 Å². The van der Waals surface area contributed by atoms with Crippen molar-refractivity contribution in [1.29, 1.82) is 0 Å². The highest BCUT2D eigenvalue weighted by Gasteiger charge is 2.10. The third kappa shape index (κ3) is 3.20. The highest BCUT2D eigenvalue weighted by Crippen LogP contribution is 2.16. The van der Waals surface area contributed by atoms with Gasteiger partial charge in [0.15, 0.2) is 5.78 Å². The number of carbonyl (C=O) groups excluding carboxylic acids is 1. The van der Waals surface area contributed by atoms with Crippen LogP contribution in [-0.2, 0) is 6.42 Å². The lowest BCUT2D eigenvalue weighted by molar-refractivity contribution is 0.0988. The van der Waals surface area contributed by atoms with Crippen molar-refractivity contribution >= 4 is 21.7 Å². The van der Waals surface area contributed by atoms with Gasteiger partial charge in [0.05, 0.1) is 11.9 Å². The Bertz CT molecular complexity index is 564. The Balaban J connectivity index is 2.18. The number of Topliss-reactive ketones (excluding diaryl/α,β-unsaturated/α-hetero) is 1. The SMILES string of the molecule is Cc1cnc(C(=O)Cc2cc(F)cc(Br)c2)cn1. The molecule has 0 amide bonds. The van der Waals surface area contributed by atoms with Gasteiger partial charge in [0.2, 0.25) is 0 Å². The van der Waals surface area contributed by atoms with E-state index < -0.39 is 0 Å². The highest BCUT2D eigenvalue weighted by atomic mass is 79.9. The van der Waals surface area contributed by atoms with Crippen LogP contribution in [0.2, 0.25) is 0 Å². The first-order chi connectivity index (χ1) is 8.54. The summed E-state index contributed by atoms with van der Waals surface area (Å²) in [5, 5.41) is 0. The lowest BCUT2D eigenvalue weighted by Crippen LogP contribution is -2.07. The summed E-state index contributed by atoms with van der Waals surface area (Å²) < 4.78 is 13.8. The molecule has 0 atom stereocenters. The molecule has 0 saturated heterocycles. The fraction of sp³-hybridized carbons (Fsp3) is 0.154. The Hall–Kier alpha value is -1.62. The van der Waals surface area contributed by atoms with Crippen LogP contribution in [0.25, 0.3) is 0 Å². The van der Waals surface area contributed by atoms with Gasteiger partial charge in [-0.2, -0.15) is 0 Å². The minimum Gasteiger partial charge on any atom is -0.292 e. The normalized spacial score (nSPS) is 10.4. The van der Waals surface area contributed by atoms with Gasteiger partial charge in [-0.3, -0.25) is 9.78 Å². The second-order valence-corrected chi connectivity index (χ2v) is 4.84. The van der Waals surface area contributed by atoms with Crippen LogP contribution in [0.4, 0.5) is 4.39 Å². The van der Waals surface area contributed by atoms with Crippen LogP contribution in [-0.4, -0.2) is 15.8 Å². The molecule has 0 N–H and O–H groups in total. The van der Waals surface area contributed by atoms with Crippen LogP contribution < -0.4 is 0 Å². The summed E-state index contributed by atoms with van der Waals surface area (Å²) in [4.78, 5) is 19.9. The molecule has 0 aliphatic heterocycles. The molecule has 0 fully saturated rings. The van der Waals surface area contributed by atoms with Crippen LogP contribution in [0.5, 0.6) is 0 Å². The summed E-state index contributed by atoms with van der Waals surface area (Å²) in [6.45, 7) is 1.80. The monoisotopic (exact) mass is 308 g/mol. The van der Waals surface area contributed by atoms with E-state index >= 15 is 0 Å². The van der Waals surface area contributed by atoms with Gasteiger partial charge in [0.1, 0.15) is 11.5 Å². The molecule has 1 heterocycles. The lowest BCUT2D eigenvalue weighted by atomic mass is 10.1. The Labute approximate surface area is 112 Å². The van der Waals surface area contributed by atoms with E-state index in [0.717, 1.165) is 5.69 Å². The first kappa shape index (κ1) is 12.8. The molecule has 18 heavy (non-hydrogen) atoms. The van der Waals surface area contributed by atoms with Crippen LogP contribution in [0, 0.1) is 12.7 Å². The predicted molar refractivity (Wildman–Crippen MR) is 68.9 cm³/mol. The number of ketones is 1. The number of nitrogens with zero attached hydrogens (tertiary/aromatic N) is 2. The van der Waals surface area contributed by atoms with Gasteiger partial charge in [-0.25, -0.2) is 9.37 Å². The van der Waals surface area contributed by atoms with E-state index in [2.05, 4.69) is 25.9 Å². The summed E-state index contributed by atoms with van der Waals surface area (Å²) in [6, 6.07) is 4.40. The molecule has 2 rings (SSSR count). The summed E-state index contributed by atoms with van der Waals surface area (Å²) in [7, 11) is 0. The minimum absolute atomic E-state index is 0.105. The summed E-state index contributed by atoms with van der Waals surface area (Å²) in [5.41, 5.74) is 1.65. The maximum absolute atomic E-state index is 13.2. The van der Waals surface area contributed by atoms with Crippen molar-refractivity contribution < 1.29 is 9.18 Å². The molecule has 0 aliphatic carbocycles. The number of aromatic nitrogens is 2. The molecule has 0 bridgehead atoms. The quantitative estimate of drug-likeness (QED) is 0.818. The number of hydrogen-bond acceptors (Lipinski definition) is 3. The van der Waals surface area contributed by atoms with Crippen molar-refractivity contribution in [3.05, 3.63) is 57.8 Å². The van der Waals surface area contributed by atoms with Crippen molar-refractivity contribution in [2.75, 3.05) is 0 Å². The zero-order chi connectivity index (χ0) is 13.1. The molecular weight excluding hydrogens is 299 g/mol. The van der Waals surface area contributed by atoms with Crippen molar-refractivity contribution in [1.82, 2.24) is 9.97 Å². The molecule has 5 heteroatoms. The fourth-order valence-corrected chi connectivity index (χ4v) is 2.04. The van der Waals surface area contributed by atoms with Crippen molar-refractivity contribution in [3.63, 3.8) is 0 Å². The van der Waals surface area contributed by atoms with E-state index in [1.807, 2.05) is 0 Å². The molecule has 2 aromatic rings. The fourth-order valence-electron chi connectivity index (χ4n) is 1.53. The van der Waals surface area contributed by atoms with Gasteiger partial charge in [-0.1, -0.05) is 15.9 Å². The molecule has 0 aliphatic rings. The number of hydrogen-bond donors (Lipinski definition) is 0. The lowest BCUT2D eigenvalue weighted by Gasteiger charge is -2.02. The number of aryl methyl sites for hydroxylation is 1. The molecule has 1 aromatic heterocycles. The Morgan fingerprint density at radius 2 is 2.06 bits per heavy atom. The van der Waals surface area contributed by atoms with Gasteiger partial charge in [0, 0.05) is 17.1 Å². The maximum Gasteiger partial charge on any atom is 0.187 e. The first-order valence-electron chi connectivity index (χ1n) is 5.31. The van der Waals surface area contributed by atoms with E-state index in [0.29, 0.717) is 15.7 Å². The average Bonchev–Trinajstić information content (AvgIpc) is 2.28. The molecule has 92 valence electrons. The maximum atomic E-state index is 13.2. The zero-order valence-electron chi connectivity index (χ0n) is 9.65. The molecule has 0 radical (unpaired) electrons. The molecular formula is C13H10BrFN2O. The van der Waals surface area contributed by atoms with Crippen LogP contribution in [0.15, 0.2) is 35.1 Å². The van der Waals surface area contributed by atoms with Gasteiger partial charge >= 0.3 is 0 Å². The largest absolute Gasteiger partial charge is 0.292 e. The third-order valence-electron chi connectivity index (χ3n) is 2.35. The Morgan fingerprint density at radius 3 is 2.67 bits per heavy atom. The molecule has 0 unspecified atom stereocenters. The summed E-state index contributed by atoms with van der Waals surface area (Å²) in [5.74, 6) is -0.554. The van der Waals surface area contributed by atoms with Crippen LogP contribution in [0.1, 0.15) is 21.7 Å². The second-order valence-electron chi connectivity index (χ2n) is 3.92. The summed E-state index contributed by atoms with van der Waals surface area (Å²) in [6.07, 6.45) is 3.08. The Morgan fingerprint density at radius 1 is 1.28 bits per heavy atom. The molecule has 0 saturated carbocycles. The number of carbonyl (C=O) groups is 1. The van der Waals surface area contributed by atoms with Gasteiger partial charge < -0.3 is 0 Å². The number of rotatable bonds is 3. The number of halogens is 2. The first-order valence-corrected chi connectivity index (χ1v) is 6.11. The standard InChI is InChI=1S/C13H10BrFN2O/c1-8-6-17-12(7-16-8)13(18)4-9-2-10(14)5-11(15)3-9/h2-3,5-7H,4H2,1H3. The van der Waals surface area contributed by atoms with Gasteiger partial charge in [-0.05, 0) is 30.7 Å². The van der Waals surface area contributed by atoms with E-state index in [1.54, 1.807) is 13.0 Å². The predicted octanol–water partition coefficient (Wildman–Crippen LogP) is 3.11. The van der Waals surface area contributed by atoms with Crippen molar-refractivity contribution in [2.45, 2.75) is 13.3 Å². The Kier molecular flexibility index (Phi) is 3.81. The zero-order valence-corrected chi connectivity index (χ0v) is 11.2. The third-order valence-corrected chi connectivity index (χ3v) is 2.81. The average molecular weight is 309 g/mol. The molecule has 3 nitrogen and oxygen atoms in total. The topological polar surface area (TPSA) is 42.9 Å². The molecule has 1 aromatic carbocycles. The van der Waals surface area contributed by atoms with Crippen LogP contribution >= 0.6 is 15.9 Å². The van der Waals surface area contributed by atoms with E-state index in [-0.39, 0.29) is 18.0 Å².